The first-order chi connectivity index (χ1) is 10.2. The second kappa shape index (κ2) is 8.03. The lowest BCUT2D eigenvalue weighted by Crippen LogP contribution is -2.41. The fourth-order valence-electron chi connectivity index (χ4n) is 2.79. The zero-order valence-electron chi connectivity index (χ0n) is 13.4. The minimum Gasteiger partial charge on any atom is -0.373 e. The number of hydrogen-bond donors (Lipinski definition) is 2. The number of ether oxygens (including phenoxy) is 1. The first kappa shape index (κ1) is 15.8. The second-order valence-electron chi connectivity index (χ2n) is 5.59. The Hall–Kier alpha value is -1.55. The zero-order chi connectivity index (χ0) is 15.1. The lowest BCUT2D eigenvalue weighted by Gasteiger charge is -2.32. The number of rotatable bonds is 4. The number of guanidine groups is 1. The lowest BCUT2D eigenvalue weighted by atomic mass is 9.89. The van der Waals surface area contributed by atoms with E-state index in [1.54, 1.807) is 7.05 Å². The third kappa shape index (κ3) is 4.46. The molecule has 0 radical (unpaired) electrons. The van der Waals surface area contributed by atoms with E-state index < -0.39 is 0 Å². The topological polar surface area (TPSA) is 45.7 Å². The molecule has 1 aromatic carbocycles. The Kier molecular flexibility index (Phi) is 6.05. The van der Waals surface area contributed by atoms with Crippen LogP contribution in [0.25, 0.3) is 0 Å². The lowest BCUT2D eigenvalue weighted by molar-refractivity contribution is -0.0265. The number of nitrogens with one attached hydrogen (secondary N) is 2. The van der Waals surface area contributed by atoms with Crippen LogP contribution in [0.15, 0.2) is 29.3 Å². The van der Waals surface area contributed by atoms with Gasteiger partial charge < -0.3 is 15.4 Å². The number of aryl methyl sites for hydroxylation is 1. The third-order valence-electron chi connectivity index (χ3n) is 3.95. The molecule has 1 aliphatic heterocycles. The predicted octanol–water partition coefficient (Wildman–Crippen LogP) is 2.65. The van der Waals surface area contributed by atoms with Crippen molar-refractivity contribution in [3.63, 3.8) is 0 Å². The number of benzene rings is 1. The first-order valence-electron chi connectivity index (χ1n) is 7.87. The minimum atomic E-state index is 0.187. The fraction of sp³-hybridized carbons (Fsp3) is 0.588. The smallest absolute Gasteiger partial charge is 0.190 e. The summed E-state index contributed by atoms with van der Waals surface area (Å²) in [5, 5.41) is 6.64. The third-order valence-corrected chi connectivity index (χ3v) is 3.95. The molecule has 0 bridgehead atoms. The van der Waals surface area contributed by atoms with Gasteiger partial charge in [0.1, 0.15) is 0 Å². The summed E-state index contributed by atoms with van der Waals surface area (Å²) in [5.41, 5.74) is 2.57. The Morgan fingerprint density at radius 3 is 2.71 bits per heavy atom. The molecule has 0 aliphatic carbocycles. The molecule has 0 spiro atoms. The van der Waals surface area contributed by atoms with Crippen LogP contribution in [0.1, 0.15) is 37.0 Å². The highest BCUT2D eigenvalue weighted by Crippen LogP contribution is 2.33. The molecule has 21 heavy (non-hydrogen) atoms. The molecule has 2 unspecified atom stereocenters. The first-order valence-corrected chi connectivity index (χ1v) is 7.87. The van der Waals surface area contributed by atoms with Crippen molar-refractivity contribution >= 4 is 5.96 Å². The zero-order valence-corrected chi connectivity index (χ0v) is 13.4. The van der Waals surface area contributed by atoms with Gasteiger partial charge in [-0.25, -0.2) is 0 Å². The number of nitrogens with zero attached hydrogens (tertiary/aromatic N) is 1. The van der Waals surface area contributed by atoms with Gasteiger partial charge in [0.15, 0.2) is 5.96 Å². The molecule has 2 N–H and O–H groups in total. The highest BCUT2D eigenvalue weighted by atomic mass is 16.5. The molecule has 2 rings (SSSR count). The van der Waals surface area contributed by atoms with Crippen LogP contribution >= 0.6 is 0 Å². The van der Waals surface area contributed by atoms with E-state index in [0.29, 0.717) is 5.92 Å². The van der Waals surface area contributed by atoms with Gasteiger partial charge in [0.25, 0.3) is 0 Å². The van der Waals surface area contributed by atoms with Crippen LogP contribution in [0.5, 0.6) is 0 Å². The molecule has 0 saturated carbocycles. The average Bonchev–Trinajstić information content (AvgIpc) is 2.52. The fourth-order valence-corrected chi connectivity index (χ4v) is 2.79. The van der Waals surface area contributed by atoms with Gasteiger partial charge in [-0.1, -0.05) is 29.8 Å². The largest absolute Gasteiger partial charge is 0.373 e. The van der Waals surface area contributed by atoms with E-state index in [0.717, 1.165) is 32.1 Å². The highest BCUT2D eigenvalue weighted by Gasteiger charge is 2.27. The summed E-state index contributed by atoms with van der Waals surface area (Å²) in [4.78, 5) is 4.23. The Balaban J connectivity index is 2.00. The van der Waals surface area contributed by atoms with Crippen LogP contribution in [0.4, 0.5) is 0 Å². The average molecular weight is 289 g/mol. The van der Waals surface area contributed by atoms with Crippen LogP contribution in [-0.4, -0.2) is 32.7 Å². The van der Waals surface area contributed by atoms with E-state index in [1.165, 1.54) is 17.5 Å². The van der Waals surface area contributed by atoms with E-state index in [-0.39, 0.29) is 6.10 Å². The summed E-state index contributed by atoms with van der Waals surface area (Å²) >= 11 is 0. The summed E-state index contributed by atoms with van der Waals surface area (Å²) < 4.78 is 6.04. The highest BCUT2D eigenvalue weighted by molar-refractivity contribution is 5.79. The second-order valence-corrected chi connectivity index (χ2v) is 5.59. The maximum Gasteiger partial charge on any atom is 0.190 e. The molecule has 116 valence electrons. The molecule has 2 atom stereocenters. The Labute approximate surface area is 128 Å². The minimum absolute atomic E-state index is 0.187. The maximum atomic E-state index is 6.04. The van der Waals surface area contributed by atoms with Gasteiger partial charge in [-0.15, -0.1) is 0 Å². The van der Waals surface area contributed by atoms with Crippen molar-refractivity contribution in [3.05, 3.63) is 35.4 Å². The van der Waals surface area contributed by atoms with Gasteiger partial charge in [0.2, 0.25) is 0 Å². The molecule has 0 aromatic heterocycles. The van der Waals surface area contributed by atoms with Crippen molar-refractivity contribution in [1.82, 2.24) is 10.6 Å². The van der Waals surface area contributed by atoms with Crippen molar-refractivity contribution in [2.75, 3.05) is 26.7 Å². The molecule has 1 aromatic rings. The predicted molar refractivity (Wildman–Crippen MR) is 87.6 cm³/mol. The summed E-state index contributed by atoms with van der Waals surface area (Å²) in [6, 6.07) is 8.71. The van der Waals surface area contributed by atoms with E-state index in [2.05, 4.69) is 53.7 Å². The van der Waals surface area contributed by atoms with Crippen molar-refractivity contribution in [2.45, 2.75) is 32.8 Å². The number of aliphatic imine (C=N–C) groups is 1. The van der Waals surface area contributed by atoms with Crippen molar-refractivity contribution in [1.29, 1.82) is 0 Å². The van der Waals surface area contributed by atoms with Crippen molar-refractivity contribution in [3.8, 4) is 0 Å². The van der Waals surface area contributed by atoms with Crippen LogP contribution in [0, 0.1) is 12.8 Å². The van der Waals surface area contributed by atoms with E-state index >= 15 is 0 Å². The Bertz CT molecular complexity index is 456. The van der Waals surface area contributed by atoms with Gasteiger partial charge >= 0.3 is 0 Å². The van der Waals surface area contributed by atoms with Gasteiger partial charge in [-0.05, 0) is 32.3 Å². The SMILES string of the molecule is CCNC(=NC)NCC1CCCOC1c1ccc(C)cc1. The van der Waals surface area contributed by atoms with E-state index in [4.69, 9.17) is 4.74 Å². The van der Waals surface area contributed by atoms with Crippen molar-refractivity contribution < 1.29 is 4.74 Å². The summed E-state index contributed by atoms with van der Waals surface area (Å²) in [6.07, 6.45) is 2.51. The number of hydrogen-bond acceptors (Lipinski definition) is 2. The van der Waals surface area contributed by atoms with Crippen LogP contribution in [0.2, 0.25) is 0 Å². The van der Waals surface area contributed by atoms with Gasteiger partial charge in [0.05, 0.1) is 6.10 Å². The molecular formula is C17H27N3O. The summed E-state index contributed by atoms with van der Waals surface area (Å²) in [6.45, 7) is 6.81. The molecule has 0 amide bonds. The maximum absolute atomic E-state index is 6.04. The summed E-state index contributed by atoms with van der Waals surface area (Å²) in [7, 11) is 1.81. The van der Waals surface area contributed by atoms with Crippen LogP contribution in [0.3, 0.4) is 0 Å². The van der Waals surface area contributed by atoms with Gasteiger partial charge in [-0.2, -0.15) is 0 Å². The van der Waals surface area contributed by atoms with Crippen molar-refractivity contribution in [2.24, 2.45) is 10.9 Å². The molecule has 4 heteroatoms. The molecule has 1 saturated heterocycles. The Morgan fingerprint density at radius 1 is 1.29 bits per heavy atom. The van der Waals surface area contributed by atoms with Crippen LogP contribution in [-0.2, 0) is 4.74 Å². The molecule has 1 aliphatic rings. The van der Waals surface area contributed by atoms with Gasteiger partial charge in [0, 0.05) is 32.7 Å². The molecular weight excluding hydrogens is 262 g/mol. The van der Waals surface area contributed by atoms with Gasteiger partial charge in [-0.3, -0.25) is 4.99 Å². The molecule has 4 nitrogen and oxygen atoms in total. The summed E-state index contributed by atoms with van der Waals surface area (Å²) in [5.74, 6) is 1.35. The Morgan fingerprint density at radius 2 is 2.05 bits per heavy atom. The standard InChI is InChI=1S/C17H27N3O/c1-4-19-17(18-3)20-12-15-6-5-11-21-16(15)14-9-7-13(2)8-10-14/h7-10,15-16H,4-6,11-12H2,1-3H3,(H2,18,19,20). The quantitative estimate of drug-likeness (QED) is 0.661. The van der Waals surface area contributed by atoms with E-state index in [1.807, 2.05) is 0 Å². The van der Waals surface area contributed by atoms with E-state index in [9.17, 15) is 0 Å². The normalized spacial score (nSPS) is 22.9. The monoisotopic (exact) mass is 289 g/mol. The molecule has 1 heterocycles. The van der Waals surface area contributed by atoms with Crippen LogP contribution < -0.4 is 10.6 Å². The molecule has 1 fully saturated rings.